The number of unbranched alkanes of at least 4 members (excludes halogenated alkanes) is 12. The van der Waals surface area contributed by atoms with Crippen molar-refractivity contribution in [1.82, 2.24) is 0 Å². The Balaban J connectivity index is 4.53. The number of carbonyl (C=O) groups excluding carboxylic acids is 2. The summed E-state index contributed by atoms with van der Waals surface area (Å²) >= 11 is 0. The third kappa shape index (κ3) is 41.8. The Labute approximate surface area is 363 Å². The van der Waals surface area contributed by atoms with E-state index in [1.165, 1.54) is 57.8 Å². The van der Waals surface area contributed by atoms with Crippen LogP contribution in [0, 0.1) is 0 Å². The van der Waals surface area contributed by atoms with E-state index in [9.17, 15) is 29.3 Å². The molecule has 0 aliphatic rings. The fraction of sp³-hybridized carbons (Fsp3) is 0.667. The number of aliphatic hydroxyl groups excluding tert-OH is 3. The normalized spacial score (nSPS) is 15.1. The van der Waals surface area contributed by atoms with Crippen LogP contribution in [0.5, 0.6) is 0 Å². The van der Waals surface area contributed by atoms with E-state index in [-0.39, 0.29) is 12.8 Å². The van der Waals surface area contributed by atoms with Gasteiger partial charge in [-0.3, -0.25) is 18.6 Å². The summed E-state index contributed by atoms with van der Waals surface area (Å²) in [7, 11) is -4.68. The molecule has 0 saturated carbocycles. The highest BCUT2D eigenvalue weighted by molar-refractivity contribution is 7.47. The predicted octanol–water partition coefficient (Wildman–Crippen LogP) is 11.2. The van der Waals surface area contributed by atoms with Gasteiger partial charge in [0.15, 0.2) is 6.10 Å². The first-order chi connectivity index (χ1) is 29.1. The summed E-state index contributed by atoms with van der Waals surface area (Å²) in [5.74, 6) is -1.17. The van der Waals surface area contributed by atoms with Crippen LogP contribution in [0.4, 0.5) is 0 Å². The zero-order chi connectivity index (χ0) is 44.2. The van der Waals surface area contributed by atoms with Crippen LogP contribution in [0.2, 0.25) is 0 Å². The second kappa shape index (κ2) is 42.8. The van der Waals surface area contributed by atoms with E-state index < -0.39 is 64.5 Å². The van der Waals surface area contributed by atoms with Gasteiger partial charge in [-0.25, -0.2) is 4.57 Å². The van der Waals surface area contributed by atoms with Crippen molar-refractivity contribution in [1.29, 1.82) is 0 Å². The van der Waals surface area contributed by atoms with Crippen molar-refractivity contribution in [2.75, 3.05) is 26.4 Å². The molecule has 0 fully saturated rings. The molecule has 2 unspecified atom stereocenters. The van der Waals surface area contributed by atoms with Gasteiger partial charge < -0.3 is 29.7 Å². The highest BCUT2D eigenvalue weighted by Crippen LogP contribution is 2.43. The Hall–Kier alpha value is -2.89. The maximum atomic E-state index is 12.6. The predicted molar refractivity (Wildman–Crippen MR) is 243 cm³/mol. The van der Waals surface area contributed by atoms with Crippen molar-refractivity contribution in [2.45, 2.75) is 180 Å². The van der Waals surface area contributed by atoms with Crippen LogP contribution in [0.15, 0.2) is 85.1 Å². The lowest BCUT2D eigenvalue weighted by molar-refractivity contribution is -0.161. The van der Waals surface area contributed by atoms with Crippen LogP contribution in [0.3, 0.4) is 0 Å². The van der Waals surface area contributed by atoms with Gasteiger partial charge in [-0.15, -0.1) is 0 Å². The molecule has 0 spiro atoms. The van der Waals surface area contributed by atoms with Crippen LogP contribution < -0.4 is 0 Å². The van der Waals surface area contributed by atoms with Crippen molar-refractivity contribution < 1.29 is 52.9 Å². The third-order valence-corrected chi connectivity index (χ3v) is 10.1. The average molecular weight is 865 g/mol. The van der Waals surface area contributed by atoms with Gasteiger partial charge in [-0.05, 0) is 83.5 Å². The summed E-state index contributed by atoms with van der Waals surface area (Å²) in [4.78, 5) is 35.0. The molecule has 11 nitrogen and oxygen atoms in total. The second-order valence-electron chi connectivity index (χ2n) is 14.9. The molecule has 0 rings (SSSR count). The molecule has 0 bridgehead atoms. The number of rotatable bonds is 41. The van der Waals surface area contributed by atoms with E-state index in [1.54, 1.807) is 12.2 Å². The van der Waals surface area contributed by atoms with Gasteiger partial charge in [0, 0.05) is 12.8 Å². The molecule has 0 aromatic heterocycles. The van der Waals surface area contributed by atoms with Crippen LogP contribution in [0.1, 0.15) is 162 Å². The number of aliphatic hydroxyl groups is 3. The van der Waals surface area contributed by atoms with Crippen LogP contribution in [0.25, 0.3) is 0 Å². The first-order valence-electron chi connectivity index (χ1n) is 22.7. The van der Waals surface area contributed by atoms with Crippen molar-refractivity contribution in [3.05, 3.63) is 85.1 Å². The lowest BCUT2D eigenvalue weighted by atomic mass is 10.1. The molecule has 0 radical (unpaired) electrons. The third-order valence-electron chi connectivity index (χ3n) is 9.13. The quantitative estimate of drug-likeness (QED) is 0.0152. The molecular formula is C48H81O11P. The Morgan fingerprint density at radius 3 is 1.65 bits per heavy atom. The van der Waals surface area contributed by atoms with Gasteiger partial charge in [0.1, 0.15) is 12.7 Å². The Bertz CT molecular complexity index is 1290. The molecule has 0 saturated heterocycles. The second-order valence-corrected chi connectivity index (χ2v) is 16.4. The molecule has 4 atom stereocenters. The Morgan fingerprint density at radius 1 is 0.567 bits per heavy atom. The SMILES string of the molecule is CCCCC/C=C\C/C=C\C/C=C\C/C=C\CCCCCC(=O)O[C@H](COC(=O)CCCC(O)/C=C/C=C/C/C=C/CCCCCCCC)COP(=O)(O)OC[C@@H](O)CO. The summed E-state index contributed by atoms with van der Waals surface area (Å²) in [6.07, 6.45) is 47.2. The van der Waals surface area contributed by atoms with E-state index in [2.05, 4.69) is 79.1 Å². The van der Waals surface area contributed by atoms with Gasteiger partial charge in [0.05, 0.1) is 25.9 Å². The minimum absolute atomic E-state index is 0.00571. The highest BCUT2D eigenvalue weighted by atomic mass is 31.2. The molecule has 0 aromatic rings. The van der Waals surface area contributed by atoms with Crippen LogP contribution in [-0.4, -0.2) is 76.9 Å². The summed E-state index contributed by atoms with van der Waals surface area (Å²) < 4.78 is 32.6. The lowest BCUT2D eigenvalue weighted by Gasteiger charge is -2.20. The van der Waals surface area contributed by atoms with E-state index in [1.807, 2.05) is 12.2 Å². The topological polar surface area (TPSA) is 169 Å². The Kier molecular flexibility index (Phi) is 40.7. The first-order valence-corrected chi connectivity index (χ1v) is 24.1. The van der Waals surface area contributed by atoms with E-state index in [0.717, 1.165) is 57.8 Å². The van der Waals surface area contributed by atoms with Crippen molar-refractivity contribution in [3.8, 4) is 0 Å². The fourth-order valence-corrected chi connectivity index (χ4v) is 6.36. The smallest absolute Gasteiger partial charge is 0.462 e. The van der Waals surface area contributed by atoms with Crippen molar-refractivity contribution in [2.24, 2.45) is 0 Å². The molecule has 4 N–H and O–H groups in total. The van der Waals surface area contributed by atoms with Gasteiger partial charge in [-0.1, -0.05) is 150 Å². The number of phosphoric ester groups is 1. The minimum atomic E-state index is -4.68. The molecule has 60 heavy (non-hydrogen) atoms. The number of phosphoric acid groups is 1. The average Bonchev–Trinajstić information content (AvgIpc) is 3.23. The molecule has 0 aliphatic heterocycles. The van der Waals surface area contributed by atoms with E-state index >= 15 is 0 Å². The molecule has 0 amide bonds. The van der Waals surface area contributed by atoms with Gasteiger partial charge in [0.2, 0.25) is 0 Å². The molecule has 12 heteroatoms. The summed E-state index contributed by atoms with van der Waals surface area (Å²) in [6, 6.07) is 0. The summed E-state index contributed by atoms with van der Waals surface area (Å²) in [5, 5.41) is 28.6. The maximum absolute atomic E-state index is 12.6. The summed E-state index contributed by atoms with van der Waals surface area (Å²) in [6.45, 7) is 2.08. The number of carbonyl (C=O) groups is 2. The highest BCUT2D eigenvalue weighted by Gasteiger charge is 2.27. The zero-order valence-electron chi connectivity index (χ0n) is 37.0. The maximum Gasteiger partial charge on any atom is 0.472 e. The minimum Gasteiger partial charge on any atom is -0.462 e. The number of esters is 2. The summed E-state index contributed by atoms with van der Waals surface area (Å²) in [5.41, 5.74) is 0. The van der Waals surface area contributed by atoms with Crippen LogP contribution >= 0.6 is 7.82 Å². The zero-order valence-corrected chi connectivity index (χ0v) is 37.9. The number of hydrogen-bond donors (Lipinski definition) is 4. The fourth-order valence-electron chi connectivity index (χ4n) is 5.57. The monoisotopic (exact) mass is 865 g/mol. The lowest BCUT2D eigenvalue weighted by Crippen LogP contribution is -2.30. The van der Waals surface area contributed by atoms with Crippen molar-refractivity contribution in [3.63, 3.8) is 0 Å². The number of hydrogen-bond acceptors (Lipinski definition) is 10. The Morgan fingerprint density at radius 2 is 1.05 bits per heavy atom. The van der Waals surface area contributed by atoms with Gasteiger partial charge in [-0.2, -0.15) is 0 Å². The molecule has 0 aliphatic carbocycles. The van der Waals surface area contributed by atoms with Gasteiger partial charge >= 0.3 is 19.8 Å². The number of ether oxygens (including phenoxy) is 2. The molecule has 344 valence electrons. The van der Waals surface area contributed by atoms with Crippen LogP contribution in [-0.2, 0) is 32.7 Å². The molecule has 0 aromatic carbocycles. The van der Waals surface area contributed by atoms with E-state index in [4.69, 9.17) is 19.1 Å². The van der Waals surface area contributed by atoms with Crippen molar-refractivity contribution >= 4 is 19.8 Å². The molecular weight excluding hydrogens is 783 g/mol. The molecule has 0 heterocycles. The number of allylic oxidation sites excluding steroid dienone is 13. The van der Waals surface area contributed by atoms with Gasteiger partial charge in [0.25, 0.3) is 0 Å². The van der Waals surface area contributed by atoms with E-state index in [0.29, 0.717) is 19.3 Å². The first kappa shape index (κ1) is 57.1. The standard InChI is InChI=1S/C48H81O11P/c1-3-5-7-9-11-13-15-17-18-19-20-21-22-24-26-28-30-32-34-38-48(53)59-46(43-58-60(54,55)57-41-45(51)40-49)42-56-47(52)39-35-37-44(50)36-33-31-29-27-25-23-16-14-12-10-8-6-4-2/h11,13,17-18,20-21,23-26,29,31,33,36,44-46,49-51H,3-10,12,14-16,19,22,27-28,30,32,34-35,37-43H2,1-2H3,(H,54,55)/b13-11-,18-17-,21-20-,25-23+,26-24-,31-29+,36-33+/t44?,45-,46+/m0/s1. The largest absolute Gasteiger partial charge is 0.472 e.